The Labute approximate surface area is 144 Å². The summed E-state index contributed by atoms with van der Waals surface area (Å²) in [5.74, 6) is 0.570. The van der Waals surface area contributed by atoms with Crippen molar-refractivity contribution < 1.29 is 4.39 Å². The van der Waals surface area contributed by atoms with Gasteiger partial charge >= 0.3 is 0 Å². The SMILES string of the molecule is CCNC(=NCc1cccc(F)c1)NCCN1CCCN(C)CC1. The van der Waals surface area contributed by atoms with Crippen LogP contribution in [0.4, 0.5) is 4.39 Å². The molecule has 6 heteroatoms. The predicted molar refractivity (Wildman–Crippen MR) is 97.8 cm³/mol. The molecule has 0 aliphatic carbocycles. The summed E-state index contributed by atoms with van der Waals surface area (Å²) in [7, 11) is 2.18. The summed E-state index contributed by atoms with van der Waals surface area (Å²) in [6.07, 6.45) is 1.23. The zero-order valence-corrected chi connectivity index (χ0v) is 14.9. The minimum Gasteiger partial charge on any atom is -0.357 e. The van der Waals surface area contributed by atoms with Crippen LogP contribution in [0, 0.1) is 5.82 Å². The second kappa shape index (κ2) is 10.3. The summed E-state index contributed by atoms with van der Waals surface area (Å²) in [6, 6.07) is 6.59. The minimum atomic E-state index is -0.216. The second-order valence-electron chi connectivity index (χ2n) is 6.25. The molecule has 24 heavy (non-hydrogen) atoms. The fraction of sp³-hybridized carbons (Fsp3) is 0.611. The molecule has 0 spiro atoms. The molecule has 1 fully saturated rings. The molecular weight excluding hydrogens is 305 g/mol. The lowest BCUT2D eigenvalue weighted by Crippen LogP contribution is -2.42. The number of hydrogen-bond acceptors (Lipinski definition) is 3. The van der Waals surface area contributed by atoms with Gasteiger partial charge in [-0.1, -0.05) is 12.1 Å². The second-order valence-corrected chi connectivity index (χ2v) is 6.25. The number of nitrogens with one attached hydrogen (secondary N) is 2. The number of aliphatic imine (C=N–C) groups is 1. The van der Waals surface area contributed by atoms with Crippen molar-refractivity contribution in [3.05, 3.63) is 35.6 Å². The highest BCUT2D eigenvalue weighted by atomic mass is 19.1. The van der Waals surface area contributed by atoms with E-state index in [4.69, 9.17) is 0 Å². The first kappa shape index (κ1) is 18.7. The van der Waals surface area contributed by atoms with Gasteiger partial charge in [0.15, 0.2) is 5.96 Å². The van der Waals surface area contributed by atoms with Gasteiger partial charge in [0.2, 0.25) is 0 Å². The van der Waals surface area contributed by atoms with Gasteiger partial charge < -0.3 is 20.4 Å². The molecule has 2 rings (SSSR count). The van der Waals surface area contributed by atoms with E-state index >= 15 is 0 Å². The highest BCUT2D eigenvalue weighted by Gasteiger charge is 2.11. The zero-order chi connectivity index (χ0) is 17.2. The van der Waals surface area contributed by atoms with E-state index in [9.17, 15) is 4.39 Å². The Balaban J connectivity index is 1.78. The van der Waals surface area contributed by atoms with E-state index in [1.54, 1.807) is 6.07 Å². The van der Waals surface area contributed by atoms with Crippen molar-refractivity contribution in [2.24, 2.45) is 4.99 Å². The lowest BCUT2D eigenvalue weighted by atomic mass is 10.2. The molecule has 1 aromatic rings. The summed E-state index contributed by atoms with van der Waals surface area (Å²) < 4.78 is 13.2. The van der Waals surface area contributed by atoms with Gasteiger partial charge in [-0.3, -0.25) is 0 Å². The number of hydrogen-bond donors (Lipinski definition) is 2. The summed E-state index contributed by atoms with van der Waals surface area (Å²) >= 11 is 0. The highest BCUT2D eigenvalue weighted by molar-refractivity contribution is 5.79. The van der Waals surface area contributed by atoms with E-state index in [-0.39, 0.29) is 5.82 Å². The van der Waals surface area contributed by atoms with Crippen LogP contribution in [-0.4, -0.2) is 68.6 Å². The quantitative estimate of drug-likeness (QED) is 0.611. The van der Waals surface area contributed by atoms with Crippen LogP contribution in [-0.2, 0) is 6.54 Å². The molecule has 0 unspecified atom stereocenters. The van der Waals surface area contributed by atoms with Gasteiger partial charge in [0, 0.05) is 32.7 Å². The maximum Gasteiger partial charge on any atom is 0.191 e. The molecule has 1 aromatic carbocycles. The van der Waals surface area contributed by atoms with Crippen LogP contribution in [0.5, 0.6) is 0 Å². The Morgan fingerprint density at radius 2 is 2.08 bits per heavy atom. The fourth-order valence-corrected chi connectivity index (χ4v) is 2.80. The Morgan fingerprint density at radius 3 is 2.88 bits per heavy atom. The standard InChI is InChI=1S/C18H30FN5/c1-3-20-18(22-15-16-6-4-7-17(19)14-16)21-8-11-24-10-5-9-23(2)12-13-24/h4,6-7,14H,3,5,8-13,15H2,1-2H3,(H2,20,21,22). The lowest BCUT2D eigenvalue weighted by molar-refractivity contribution is 0.280. The molecule has 1 heterocycles. The van der Waals surface area contributed by atoms with E-state index in [1.807, 2.05) is 13.0 Å². The molecule has 0 bridgehead atoms. The van der Waals surface area contributed by atoms with Crippen molar-refractivity contribution >= 4 is 5.96 Å². The van der Waals surface area contributed by atoms with E-state index < -0.39 is 0 Å². The first-order valence-electron chi connectivity index (χ1n) is 8.85. The van der Waals surface area contributed by atoms with E-state index in [1.165, 1.54) is 25.1 Å². The molecule has 134 valence electrons. The smallest absolute Gasteiger partial charge is 0.191 e. The molecule has 1 aliphatic rings. The maximum atomic E-state index is 13.2. The molecule has 5 nitrogen and oxygen atoms in total. The fourth-order valence-electron chi connectivity index (χ4n) is 2.80. The average Bonchev–Trinajstić information content (AvgIpc) is 2.77. The van der Waals surface area contributed by atoms with Gasteiger partial charge in [0.25, 0.3) is 0 Å². The van der Waals surface area contributed by atoms with Crippen LogP contribution in [0.3, 0.4) is 0 Å². The molecule has 0 aromatic heterocycles. The van der Waals surface area contributed by atoms with Crippen molar-refractivity contribution in [2.75, 3.05) is 52.9 Å². The Morgan fingerprint density at radius 1 is 1.21 bits per heavy atom. The topological polar surface area (TPSA) is 42.9 Å². The predicted octanol–water partition coefficient (Wildman–Crippen LogP) is 1.52. The van der Waals surface area contributed by atoms with Crippen LogP contribution < -0.4 is 10.6 Å². The number of halogens is 1. The number of rotatable bonds is 6. The Hall–Kier alpha value is -1.66. The maximum absolute atomic E-state index is 13.2. The van der Waals surface area contributed by atoms with Crippen molar-refractivity contribution in [1.29, 1.82) is 0 Å². The number of likely N-dealkylation sites (N-methyl/N-ethyl adjacent to an activating group) is 1. The van der Waals surface area contributed by atoms with Crippen molar-refractivity contribution in [1.82, 2.24) is 20.4 Å². The number of nitrogens with zero attached hydrogens (tertiary/aromatic N) is 3. The Bertz CT molecular complexity index is 520. The third kappa shape index (κ3) is 6.84. The van der Waals surface area contributed by atoms with Crippen LogP contribution in [0.2, 0.25) is 0 Å². The molecule has 2 N–H and O–H groups in total. The van der Waals surface area contributed by atoms with Gasteiger partial charge in [-0.25, -0.2) is 9.38 Å². The van der Waals surface area contributed by atoms with Gasteiger partial charge in [0.1, 0.15) is 5.82 Å². The van der Waals surface area contributed by atoms with Crippen LogP contribution in [0.25, 0.3) is 0 Å². The third-order valence-corrected chi connectivity index (χ3v) is 4.19. The molecular formula is C18H30FN5. The largest absolute Gasteiger partial charge is 0.357 e. The molecule has 0 radical (unpaired) electrons. The van der Waals surface area contributed by atoms with E-state index in [0.717, 1.165) is 50.8 Å². The molecule has 0 amide bonds. The number of guanidine groups is 1. The van der Waals surface area contributed by atoms with Crippen LogP contribution in [0.1, 0.15) is 18.9 Å². The minimum absolute atomic E-state index is 0.216. The van der Waals surface area contributed by atoms with Crippen molar-refractivity contribution in [3.63, 3.8) is 0 Å². The zero-order valence-electron chi connectivity index (χ0n) is 14.9. The highest BCUT2D eigenvalue weighted by Crippen LogP contribution is 2.04. The average molecular weight is 335 g/mol. The Kier molecular flexibility index (Phi) is 7.98. The molecule has 0 atom stereocenters. The normalized spacial score (nSPS) is 17.5. The summed E-state index contributed by atoms with van der Waals surface area (Å²) in [5, 5.41) is 6.62. The van der Waals surface area contributed by atoms with Gasteiger partial charge in [-0.05, 0) is 51.2 Å². The summed E-state index contributed by atoms with van der Waals surface area (Å²) in [5.41, 5.74) is 0.878. The van der Waals surface area contributed by atoms with Crippen molar-refractivity contribution in [3.8, 4) is 0 Å². The molecule has 1 saturated heterocycles. The van der Waals surface area contributed by atoms with Gasteiger partial charge in [0.05, 0.1) is 6.54 Å². The van der Waals surface area contributed by atoms with Crippen LogP contribution in [0.15, 0.2) is 29.3 Å². The summed E-state index contributed by atoms with van der Waals surface area (Å²) in [4.78, 5) is 9.42. The monoisotopic (exact) mass is 335 g/mol. The third-order valence-electron chi connectivity index (χ3n) is 4.19. The first-order valence-corrected chi connectivity index (χ1v) is 8.85. The number of benzene rings is 1. The van der Waals surface area contributed by atoms with Gasteiger partial charge in [-0.2, -0.15) is 0 Å². The van der Waals surface area contributed by atoms with E-state index in [2.05, 4.69) is 32.5 Å². The first-order chi connectivity index (χ1) is 11.7. The summed E-state index contributed by atoms with van der Waals surface area (Å²) in [6.45, 7) is 9.79. The van der Waals surface area contributed by atoms with Gasteiger partial charge in [-0.15, -0.1) is 0 Å². The lowest BCUT2D eigenvalue weighted by Gasteiger charge is -2.21. The van der Waals surface area contributed by atoms with E-state index in [0.29, 0.717) is 6.54 Å². The van der Waals surface area contributed by atoms with Crippen LogP contribution >= 0.6 is 0 Å². The molecule has 1 aliphatic heterocycles. The molecule has 0 saturated carbocycles. The van der Waals surface area contributed by atoms with Crippen molar-refractivity contribution in [2.45, 2.75) is 19.9 Å².